The Labute approximate surface area is 95.5 Å². The third-order valence-corrected chi connectivity index (χ3v) is 2.68. The summed E-state index contributed by atoms with van der Waals surface area (Å²) in [6, 6.07) is 1.52. The Morgan fingerprint density at radius 3 is 2.67 bits per heavy atom. The molecule has 2 rings (SSSR count). The summed E-state index contributed by atoms with van der Waals surface area (Å²) in [5, 5.41) is 0.618. The molecule has 2 aromatic heterocycles. The number of hydrogen-bond acceptors (Lipinski definition) is 3. The molecule has 2 heterocycles. The number of aryl methyl sites for hydroxylation is 1. The number of aromatic nitrogens is 3. The average molecular weight is 244 g/mol. The first-order valence-corrected chi connectivity index (χ1v) is 4.95. The second-order valence-corrected chi connectivity index (χ2v) is 3.90. The Kier molecular flexibility index (Phi) is 2.40. The maximum atomic E-state index is 11.8. The quantitative estimate of drug-likeness (QED) is 0.665. The minimum atomic E-state index is -0.216. The molecule has 0 saturated heterocycles. The molecule has 0 aromatic carbocycles. The number of halogens is 2. The van der Waals surface area contributed by atoms with Gasteiger partial charge < -0.3 is 0 Å². The van der Waals surface area contributed by atoms with Crippen LogP contribution in [-0.2, 0) is 7.05 Å². The summed E-state index contributed by atoms with van der Waals surface area (Å²) in [7, 11) is 1.63. The SMILES string of the molecule is Cc1nc2cc(Cl)nc(Cl)c2c(=O)n1C. The summed E-state index contributed by atoms with van der Waals surface area (Å²) in [6.45, 7) is 1.74. The lowest BCUT2D eigenvalue weighted by Gasteiger charge is -2.05. The maximum Gasteiger partial charge on any atom is 0.264 e. The zero-order valence-electron chi connectivity index (χ0n) is 8.08. The predicted molar refractivity (Wildman–Crippen MR) is 59.5 cm³/mol. The first kappa shape index (κ1) is 10.4. The highest BCUT2D eigenvalue weighted by Gasteiger charge is 2.11. The van der Waals surface area contributed by atoms with Crippen LogP contribution in [0.25, 0.3) is 10.9 Å². The van der Waals surface area contributed by atoms with Crippen molar-refractivity contribution in [2.24, 2.45) is 7.05 Å². The maximum absolute atomic E-state index is 11.8. The van der Waals surface area contributed by atoms with Crippen LogP contribution >= 0.6 is 23.2 Å². The lowest BCUT2D eigenvalue weighted by Crippen LogP contribution is -2.21. The second kappa shape index (κ2) is 3.47. The molecule has 0 unspecified atom stereocenters. The number of fused-ring (bicyclic) bond motifs is 1. The topological polar surface area (TPSA) is 47.8 Å². The molecule has 0 saturated carbocycles. The van der Waals surface area contributed by atoms with Gasteiger partial charge >= 0.3 is 0 Å². The zero-order valence-corrected chi connectivity index (χ0v) is 9.60. The molecule has 0 fully saturated rings. The van der Waals surface area contributed by atoms with E-state index in [2.05, 4.69) is 9.97 Å². The predicted octanol–water partition coefficient (Wildman–Crippen LogP) is 1.94. The Bertz CT molecular complexity index is 606. The third kappa shape index (κ3) is 1.60. The van der Waals surface area contributed by atoms with Crippen LogP contribution in [0.4, 0.5) is 0 Å². The van der Waals surface area contributed by atoms with Gasteiger partial charge in [0.25, 0.3) is 5.56 Å². The van der Waals surface area contributed by atoms with E-state index in [0.717, 1.165) is 0 Å². The molecule has 0 radical (unpaired) electrons. The minimum absolute atomic E-state index is 0.0885. The van der Waals surface area contributed by atoms with Crippen LogP contribution in [0, 0.1) is 6.92 Å². The molecular formula is C9H7Cl2N3O. The summed E-state index contributed by atoms with van der Waals surface area (Å²) in [6.07, 6.45) is 0. The van der Waals surface area contributed by atoms with E-state index in [1.165, 1.54) is 10.6 Å². The number of pyridine rings is 1. The molecule has 2 aromatic rings. The lowest BCUT2D eigenvalue weighted by molar-refractivity contribution is 0.792. The fraction of sp³-hybridized carbons (Fsp3) is 0.222. The number of rotatable bonds is 0. The normalized spacial score (nSPS) is 10.9. The van der Waals surface area contributed by atoms with Gasteiger partial charge in [0.2, 0.25) is 0 Å². The van der Waals surface area contributed by atoms with Crippen molar-refractivity contribution in [2.45, 2.75) is 6.92 Å². The molecule has 0 aliphatic carbocycles. The van der Waals surface area contributed by atoms with Crippen molar-refractivity contribution >= 4 is 34.1 Å². The van der Waals surface area contributed by atoms with Gasteiger partial charge in [-0.3, -0.25) is 9.36 Å². The van der Waals surface area contributed by atoms with Gasteiger partial charge in [0.1, 0.15) is 21.5 Å². The average Bonchev–Trinajstić information content (AvgIpc) is 2.13. The summed E-state index contributed by atoms with van der Waals surface area (Å²) in [5.74, 6) is 0.603. The monoisotopic (exact) mass is 243 g/mol. The summed E-state index contributed by atoms with van der Waals surface area (Å²) >= 11 is 11.6. The van der Waals surface area contributed by atoms with Crippen LogP contribution in [-0.4, -0.2) is 14.5 Å². The van der Waals surface area contributed by atoms with Crippen LogP contribution < -0.4 is 5.56 Å². The largest absolute Gasteiger partial charge is 0.299 e. The van der Waals surface area contributed by atoms with Crippen molar-refractivity contribution in [1.29, 1.82) is 0 Å². The molecular weight excluding hydrogens is 237 g/mol. The van der Waals surface area contributed by atoms with Crippen molar-refractivity contribution in [3.8, 4) is 0 Å². The molecule has 78 valence electrons. The van der Waals surface area contributed by atoms with Gasteiger partial charge in [-0.15, -0.1) is 0 Å². The van der Waals surface area contributed by atoms with Gasteiger partial charge in [-0.2, -0.15) is 0 Å². The summed E-state index contributed by atoms with van der Waals surface area (Å²) in [4.78, 5) is 19.9. The van der Waals surface area contributed by atoms with E-state index in [9.17, 15) is 4.79 Å². The van der Waals surface area contributed by atoms with E-state index in [1.54, 1.807) is 14.0 Å². The van der Waals surface area contributed by atoms with Crippen molar-refractivity contribution < 1.29 is 0 Å². The van der Waals surface area contributed by atoms with Crippen molar-refractivity contribution in [3.63, 3.8) is 0 Å². The highest BCUT2D eigenvalue weighted by molar-refractivity contribution is 6.36. The lowest BCUT2D eigenvalue weighted by atomic mass is 10.3. The van der Waals surface area contributed by atoms with Crippen LogP contribution in [0.1, 0.15) is 5.82 Å². The standard InChI is InChI=1S/C9H7Cl2N3O/c1-4-12-5-3-6(10)13-8(11)7(5)9(15)14(4)2/h3H,1-2H3. The van der Waals surface area contributed by atoms with Crippen molar-refractivity contribution in [3.05, 3.63) is 32.6 Å². The smallest absolute Gasteiger partial charge is 0.264 e. The Balaban J connectivity index is 3.06. The van der Waals surface area contributed by atoms with E-state index >= 15 is 0 Å². The summed E-state index contributed by atoms with van der Waals surface area (Å²) < 4.78 is 1.42. The Hall–Kier alpha value is -1.13. The molecule has 0 atom stereocenters. The van der Waals surface area contributed by atoms with Crippen molar-refractivity contribution in [1.82, 2.24) is 14.5 Å². The molecule has 0 aliphatic heterocycles. The summed E-state index contributed by atoms with van der Waals surface area (Å²) in [5.41, 5.74) is 0.257. The van der Waals surface area contributed by atoms with Gasteiger partial charge in [0.05, 0.1) is 5.52 Å². The fourth-order valence-corrected chi connectivity index (χ4v) is 1.82. The minimum Gasteiger partial charge on any atom is -0.299 e. The third-order valence-electron chi connectivity index (χ3n) is 2.21. The van der Waals surface area contributed by atoms with Gasteiger partial charge in [0.15, 0.2) is 0 Å². The van der Waals surface area contributed by atoms with E-state index in [1.807, 2.05) is 0 Å². The van der Waals surface area contributed by atoms with E-state index < -0.39 is 0 Å². The molecule has 0 spiro atoms. The van der Waals surface area contributed by atoms with Crippen LogP contribution in [0.3, 0.4) is 0 Å². The van der Waals surface area contributed by atoms with Crippen molar-refractivity contribution in [2.75, 3.05) is 0 Å². The molecule has 0 N–H and O–H groups in total. The second-order valence-electron chi connectivity index (χ2n) is 3.15. The first-order chi connectivity index (χ1) is 7.00. The zero-order chi connectivity index (χ0) is 11.2. The van der Waals surface area contributed by atoms with Gasteiger partial charge in [-0.25, -0.2) is 9.97 Å². The molecule has 6 heteroatoms. The fourth-order valence-electron chi connectivity index (χ4n) is 1.32. The molecule has 0 amide bonds. The van der Waals surface area contributed by atoms with Crippen LogP contribution in [0.2, 0.25) is 10.3 Å². The number of hydrogen-bond donors (Lipinski definition) is 0. The van der Waals surface area contributed by atoms with E-state index in [0.29, 0.717) is 16.7 Å². The van der Waals surface area contributed by atoms with Crippen LogP contribution in [0.15, 0.2) is 10.9 Å². The van der Waals surface area contributed by atoms with E-state index in [-0.39, 0.29) is 15.9 Å². The molecule has 15 heavy (non-hydrogen) atoms. The Morgan fingerprint density at radius 2 is 2.00 bits per heavy atom. The molecule has 4 nitrogen and oxygen atoms in total. The van der Waals surface area contributed by atoms with Gasteiger partial charge in [-0.05, 0) is 6.92 Å². The highest BCUT2D eigenvalue weighted by atomic mass is 35.5. The van der Waals surface area contributed by atoms with Gasteiger partial charge in [-0.1, -0.05) is 23.2 Å². The Morgan fingerprint density at radius 1 is 1.33 bits per heavy atom. The highest BCUT2D eigenvalue weighted by Crippen LogP contribution is 2.20. The molecule has 0 aliphatic rings. The first-order valence-electron chi connectivity index (χ1n) is 4.20. The molecule has 0 bridgehead atoms. The van der Waals surface area contributed by atoms with Gasteiger partial charge in [0, 0.05) is 13.1 Å². The number of nitrogens with zero attached hydrogens (tertiary/aromatic N) is 3. The van der Waals surface area contributed by atoms with E-state index in [4.69, 9.17) is 23.2 Å². The van der Waals surface area contributed by atoms with Crippen LogP contribution in [0.5, 0.6) is 0 Å².